The van der Waals surface area contributed by atoms with Crippen LogP contribution in [-0.4, -0.2) is 28.7 Å². The maximum atomic E-state index is 14.0. The van der Waals surface area contributed by atoms with E-state index in [0.29, 0.717) is 12.1 Å². The number of rotatable bonds is 6. The molecule has 1 saturated heterocycles. The lowest BCUT2D eigenvalue weighted by Crippen LogP contribution is -2.45. The fourth-order valence-corrected chi connectivity index (χ4v) is 5.30. The summed E-state index contributed by atoms with van der Waals surface area (Å²) in [4.78, 5) is 29.8. The highest BCUT2D eigenvalue weighted by atomic mass is 16.2. The number of fused-ring (bicyclic) bond motifs is 1. The van der Waals surface area contributed by atoms with Crippen LogP contribution in [0.1, 0.15) is 38.5 Å². The molecule has 4 heteroatoms. The summed E-state index contributed by atoms with van der Waals surface area (Å²) in [5, 5.41) is 3.14. The molecule has 5 rings (SSSR count). The molecule has 0 aliphatic carbocycles. The summed E-state index contributed by atoms with van der Waals surface area (Å²) in [6.07, 6.45) is 7.94. The molecule has 1 N–H and O–H groups in total. The number of hydrogen-bond donors (Lipinski definition) is 1. The number of amides is 1. The Balaban J connectivity index is 1.54. The number of allylic oxidation sites excluding steroid dienone is 2. The lowest BCUT2D eigenvalue weighted by Gasteiger charge is -2.30. The quantitative estimate of drug-likeness (QED) is 0.503. The van der Waals surface area contributed by atoms with Crippen molar-refractivity contribution in [3.63, 3.8) is 0 Å². The zero-order valence-electron chi connectivity index (χ0n) is 20.1. The molecule has 0 aromatic heterocycles. The molecule has 3 aromatic carbocycles. The highest BCUT2D eigenvalue weighted by molar-refractivity contribution is 6.00. The van der Waals surface area contributed by atoms with Gasteiger partial charge in [0.25, 0.3) is 0 Å². The van der Waals surface area contributed by atoms with Crippen molar-refractivity contribution in [3.8, 4) is 0 Å². The topological polar surface area (TPSA) is 49.4 Å². The minimum Gasteiger partial charge on any atom is -0.358 e. The van der Waals surface area contributed by atoms with Crippen LogP contribution in [0.4, 0.5) is 0 Å². The average Bonchev–Trinajstić information content (AvgIpc) is 3.23. The smallest absolute Gasteiger partial charge is 0.243 e. The van der Waals surface area contributed by atoms with Gasteiger partial charge in [-0.2, -0.15) is 0 Å². The number of hydrogen-bond acceptors (Lipinski definition) is 3. The number of benzene rings is 3. The van der Waals surface area contributed by atoms with E-state index in [4.69, 9.17) is 0 Å². The molecule has 0 spiro atoms. The van der Waals surface area contributed by atoms with Crippen LogP contribution in [0.25, 0.3) is 0 Å². The molecular formula is C31H30N2O2. The van der Waals surface area contributed by atoms with Gasteiger partial charge in [0.1, 0.15) is 6.04 Å². The van der Waals surface area contributed by atoms with E-state index < -0.39 is 6.04 Å². The third-order valence-electron chi connectivity index (χ3n) is 7.12. The van der Waals surface area contributed by atoms with Crippen molar-refractivity contribution in [2.24, 2.45) is 5.92 Å². The number of carbonyl (C=O) groups is 2. The first kappa shape index (κ1) is 22.9. The normalized spacial score (nSPS) is 22.6. The van der Waals surface area contributed by atoms with Gasteiger partial charge in [-0.25, -0.2) is 0 Å². The van der Waals surface area contributed by atoms with Crippen molar-refractivity contribution in [2.75, 3.05) is 0 Å². The van der Waals surface area contributed by atoms with E-state index in [1.807, 2.05) is 86.8 Å². The van der Waals surface area contributed by atoms with Gasteiger partial charge in [-0.1, -0.05) is 102 Å². The van der Waals surface area contributed by atoms with E-state index in [9.17, 15) is 9.59 Å². The average molecular weight is 463 g/mol. The number of nitrogens with one attached hydrogen (secondary N) is 1. The fourth-order valence-electron chi connectivity index (χ4n) is 5.30. The first-order chi connectivity index (χ1) is 17.0. The predicted molar refractivity (Wildman–Crippen MR) is 139 cm³/mol. The Hall–Kier alpha value is -3.92. The zero-order chi connectivity index (χ0) is 24.4. The molecule has 4 nitrogen and oxygen atoms in total. The monoisotopic (exact) mass is 462 g/mol. The molecule has 0 bridgehead atoms. The fraction of sp³-hybridized carbons (Fsp3) is 0.226. The van der Waals surface area contributed by atoms with Crippen molar-refractivity contribution < 1.29 is 9.59 Å². The van der Waals surface area contributed by atoms with E-state index in [-0.39, 0.29) is 29.6 Å². The maximum absolute atomic E-state index is 14.0. The highest BCUT2D eigenvalue weighted by Crippen LogP contribution is 2.46. The molecule has 3 aromatic rings. The van der Waals surface area contributed by atoms with E-state index in [0.717, 1.165) is 22.3 Å². The second kappa shape index (κ2) is 9.75. The molecule has 35 heavy (non-hydrogen) atoms. The van der Waals surface area contributed by atoms with Gasteiger partial charge in [0.05, 0.1) is 12.0 Å². The summed E-state index contributed by atoms with van der Waals surface area (Å²) in [7, 11) is 0. The number of nitrogens with zero attached hydrogens (tertiary/aromatic N) is 1. The first-order valence-electron chi connectivity index (χ1n) is 12.1. The zero-order valence-corrected chi connectivity index (χ0v) is 20.1. The van der Waals surface area contributed by atoms with Crippen molar-refractivity contribution in [3.05, 3.63) is 131 Å². The van der Waals surface area contributed by atoms with E-state index in [1.165, 1.54) is 0 Å². The predicted octanol–water partition coefficient (Wildman–Crippen LogP) is 5.34. The lowest BCUT2D eigenvalue weighted by molar-refractivity contribution is -0.125. The summed E-state index contributed by atoms with van der Waals surface area (Å²) in [5.74, 6) is -0.654. The van der Waals surface area contributed by atoms with Crippen LogP contribution >= 0.6 is 0 Å². The van der Waals surface area contributed by atoms with Crippen molar-refractivity contribution >= 4 is 11.7 Å². The molecule has 0 saturated carbocycles. The van der Waals surface area contributed by atoms with Crippen LogP contribution in [0.3, 0.4) is 0 Å². The molecule has 4 atom stereocenters. The molecule has 1 amide bonds. The van der Waals surface area contributed by atoms with Crippen molar-refractivity contribution in [2.45, 2.75) is 38.4 Å². The van der Waals surface area contributed by atoms with Gasteiger partial charge < -0.3 is 10.2 Å². The summed E-state index contributed by atoms with van der Waals surface area (Å²) in [6.45, 7) is 4.51. The van der Waals surface area contributed by atoms with Gasteiger partial charge in [0, 0.05) is 24.2 Å². The minimum atomic E-state index is -0.494. The minimum absolute atomic E-state index is 0.0661. The third kappa shape index (κ3) is 4.57. The third-order valence-corrected chi connectivity index (χ3v) is 7.12. The maximum Gasteiger partial charge on any atom is 0.243 e. The number of Topliss-reactive ketones (excluding diaryl/α,β-unsaturated/α-hetero) is 1. The molecule has 2 aliphatic heterocycles. The highest BCUT2D eigenvalue weighted by Gasteiger charge is 2.53. The molecule has 176 valence electrons. The van der Waals surface area contributed by atoms with Gasteiger partial charge >= 0.3 is 0 Å². The Morgan fingerprint density at radius 1 is 0.829 bits per heavy atom. The Morgan fingerprint density at radius 2 is 1.49 bits per heavy atom. The standard InChI is InChI=1S/C31H30N2O2/c1-21-11-15-24(16-12-21)27-28(30(34)25-17-13-22(2)14-18-25)26-10-6-7-19-33(26)29(27)31(35)32-20-23-8-4-3-5-9-23/h3-19,26-29H,20H2,1-2H3,(H,32,35). The molecule has 0 radical (unpaired) electrons. The van der Waals surface area contributed by atoms with Gasteiger partial charge in [0.15, 0.2) is 5.78 Å². The summed E-state index contributed by atoms with van der Waals surface area (Å²) in [5.41, 5.74) is 5.01. The van der Waals surface area contributed by atoms with Gasteiger partial charge in [-0.3, -0.25) is 9.59 Å². The van der Waals surface area contributed by atoms with Crippen molar-refractivity contribution in [1.82, 2.24) is 10.2 Å². The van der Waals surface area contributed by atoms with Gasteiger partial charge in [-0.05, 0) is 31.1 Å². The summed E-state index contributed by atoms with van der Waals surface area (Å²) < 4.78 is 0. The Kier molecular flexibility index (Phi) is 6.37. The number of aryl methyl sites for hydroxylation is 2. The molecule has 2 heterocycles. The summed E-state index contributed by atoms with van der Waals surface area (Å²) in [6, 6.07) is 25.2. The van der Waals surface area contributed by atoms with Gasteiger partial charge in [-0.15, -0.1) is 0 Å². The van der Waals surface area contributed by atoms with E-state index in [2.05, 4.69) is 40.6 Å². The van der Waals surface area contributed by atoms with Crippen LogP contribution in [-0.2, 0) is 11.3 Å². The Morgan fingerprint density at radius 3 is 2.17 bits per heavy atom. The van der Waals surface area contributed by atoms with Crippen LogP contribution in [0, 0.1) is 19.8 Å². The van der Waals surface area contributed by atoms with Crippen LogP contribution in [0.5, 0.6) is 0 Å². The van der Waals surface area contributed by atoms with E-state index >= 15 is 0 Å². The molecular weight excluding hydrogens is 432 g/mol. The molecule has 4 unspecified atom stereocenters. The SMILES string of the molecule is Cc1ccc(C(=O)C2C(c3ccc(C)cc3)C(C(=O)NCc3ccccc3)N3C=CC=CC23)cc1. The largest absolute Gasteiger partial charge is 0.358 e. The van der Waals surface area contributed by atoms with Gasteiger partial charge in [0.2, 0.25) is 5.91 Å². The second-order valence-corrected chi connectivity index (χ2v) is 9.50. The Labute approximate surface area is 207 Å². The second-order valence-electron chi connectivity index (χ2n) is 9.50. The van der Waals surface area contributed by atoms with Crippen LogP contribution in [0.2, 0.25) is 0 Å². The number of ketones is 1. The number of carbonyl (C=O) groups excluding carboxylic acids is 2. The first-order valence-corrected chi connectivity index (χ1v) is 12.1. The molecule has 2 aliphatic rings. The van der Waals surface area contributed by atoms with E-state index in [1.54, 1.807) is 0 Å². The van der Waals surface area contributed by atoms with Crippen molar-refractivity contribution in [1.29, 1.82) is 0 Å². The van der Waals surface area contributed by atoms with Crippen LogP contribution < -0.4 is 5.32 Å². The molecule has 1 fully saturated rings. The Bertz CT molecular complexity index is 1260. The van der Waals surface area contributed by atoms with Crippen LogP contribution in [0.15, 0.2) is 103 Å². The lowest BCUT2D eigenvalue weighted by atomic mass is 9.77. The summed E-state index contributed by atoms with van der Waals surface area (Å²) >= 11 is 0.